The molecule has 10 nitrogen and oxygen atoms in total. The van der Waals surface area contributed by atoms with Crippen LogP contribution >= 0.6 is 0 Å². The summed E-state index contributed by atoms with van der Waals surface area (Å²) >= 11 is 0. The molecule has 1 fully saturated rings. The predicted molar refractivity (Wildman–Crippen MR) is 137 cm³/mol. The minimum absolute atomic E-state index is 0.274. The van der Waals surface area contributed by atoms with E-state index in [2.05, 4.69) is 33.0 Å². The largest absolute Gasteiger partial charge is 0.382 e. The van der Waals surface area contributed by atoms with Gasteiger partial charge in [0.25, 0.3) is 5.91 Å². The molecule has 0 bridgehead atoms. The van der Waals surface area contributed by atoms with Crippen LogP contribution in [-0.2, 0) is 11.3 Å². The first-order valence-electron chi connectivity index (χ1n) is 11.8. The second-order valence-corrected chi connectivity index (χ2v) is 8.93. The molecule has 1 aliphatic rings. The standard InChI is InChI=1S/C27H24N8O2/c1-34-12-9-27(37,26(34)36)8-7-18-5-4-6-19(13-18)25-31-16-22-21(15-30-24(29)23(22)33-25)20-14-32-35(17-20)11-3-2-10-28/h4-6,13-17,37H,2-3,9,11-12H2,1H3,(H2,29,30)/t27-/m0/s1. The van der Waals surface area contributed by atoms with Gasteiger partial charge in [-0.25, -0.2) is 15.0 Å². The van der Waals surface area contributed by atoms with Gasteiger partial charge in [0, 0.05) is 79.2 Å². The highest BCUT2D eigenvalue weighted by molar-refractivity contribution is 5.98. The van der Waals surface area contributed by atoms with Gasteiger partial charge >= 0.3 is 0 Å². The first kappa shape index (κ1) is 23.9. The van der Waals surface area contributed by atoms with E-state index < -0.39 is 5.60 Å². The molecule has 4 heterocycles. The molecule has 3 aromatic heterocycles. The average Bonchev–Trinajstić information content (AvgIpc) is 3.48. The Morgan fingerprint density at radius 1 is 1.22 bits per heavy atom. The topological polar surface area (TPSA) is 147 Å². The first-order chi connectivity index (χ1) is 17.9. The number of benzene rings is 1. The first-order valence-corrected chi connectivity index (χ1v) is 11.8. The van der Waals surface area contributed by atoms with Gasteiger partial charge in [0.2, 0.25) is 5.60 Å². The summed E-state index contributed by atoms with van der Waals surface area (Å²) in [6.45, 7) is 1.12. The molecule has 5 rings (SSSR count). The number of nitrogens with two attached hydrogens (primary N) is 1. The molecule has 1 aromatic carbocycles. The molecule has 0 saturated carbocycles. The lowest BCUT2D eigenvalue weighted by molar-refractivity contribution is -0.137. The molecule has 0 unspecified atom stereocenters. The summed E-state index contributed by atoms with van der Waals surface area (Å²) in [7, 11) is 1.65. The number of carbonyl (C=O) groups is 1. The third-order valence-electron chi connectivity index (χ3n) is 6.32. The third-order valence-corrected chi connectivity index (χ3v) is 6.32. The van der Waals surface area contributed by atoms with Gasteiger partial charge in [0.15, 0.2) is 5.82 Å². The molecule has 37 heavy (non-hydrogen) atoms. The minimum atomic E-state index is -1.66. The zero-order chi connectivity index (χ0) is 26.0. The number of aliphatic hydroxyl groups is 1. The summed E-state index contributed by atoms with van der Waals surface area (Å²) in [6.07, 6.45) is 8.52. The van der Waals surface area contributed by atoms with Gasteiger partial charge in [-0.3, -0.25) is 9.48 Å². The maximum absolute atomic E-state index is 12.2. The molecule has 1 aliphatic heterocycles. The lowest BCUT2D eigenvalue weighted by Crippen LogP contribution is -2.37. The van der Waals surface area contributed by atoms with Crippen LogP contribution in [0, 0.1) is 23.2 Å². The van der Waals surface area contributed by atoms with E-state index in [4.69, 9.17) is 16.0 Å². The second-order valence-electron chi connectivity index (χ2n) is 8.93. The zero-order valence-electron chi connectivity index (χ0n) is 20.2. The number of fused-ring (bicyclic) bond motifs is 1. The summed E-state index contributed by atoms with van der Waals surface area (Å²) in [6, 6.07) is 9.41. The molecular weight excluding hydrogens is 468 g/mol. The van der Waals surface area contributed by atoms with Crippen molar-refractivity contribution in [3.63, 3.8) is 0 Å². The lowest BCUT2D eigenvalue weighted by Gasteiger charge is -2.13. The molecule has 184 valence electrons. The fourth-order valence-electron chi connectivity index (χ4n) is 4.23. The van der Waals surface area contributed by atoms with Crippen molar-refractivity contribution >= 4 is 22.6 Å². The van der Waals surface area contributed by atoms with Crippen LogP contribution in [0.2, 0.25) is 0 Å². The highest BCUT2D eigenvalue weighted by Crippen LogP contribution is 2.30. The third kappa shape index (κ3) is 4.70. The number of hydrogen-bond acceptors (Lipinski definition) is 8. The molecule has 3 N–H and O–H groups in total. The van der Waals surface area contributed by atoms with Crippen molar-refractivity contribution < 1.29 is 9.90 Å². The summed E-state index contributed by atoms with van der Waals surface area (Å²) < 4.78 is 1.80. The number of nitrogens with zero attached hydrogens (tertiary/aromatic N) is 7. The van der Waals surface area contributed by atoms with Crippen LogP contribution in [0.3, 0.4) is 0 Å². The molecule has 0 radical (unpaired) electrons. The van der Waals surface area contributed by atoms with Crippen molar-refractivity contribution in [1.82, 2.24) is 29.6 Å². The maximum atomic E-state index is 12.2. The second kappa shape index (κ2) is 9.69. The smallest absolute Gasteiger partial charge is 0.267 e. The van der Waals surface area contributed by atoms with Gasteiger partial charge in [0.05, 0.1) is 12.3 Å². The monoisotopic (exact) mass is 492 g/mol. The maximum Gasteiger partial charge on any atom is 0.267 e. The van der Waals surface area contributed by atoms with Gasteiger partial charge in [-0.2, -0.15) is 10.4 Å². The van der Waals surface area contributed by atoms with Gasteiger partial charge in [-0.1, -0.05) is 24.0 Å². The highest BCUT2D eigenvalue weighted by atomic mass is 16.3. The molecule has 1 saturated heterocycles. The normalized spacial score (nSPS) is 17.0. The van der Waals surface area contributed by atoms with Crippen molar-refractivity contribution in [3.05, 3.63) is 54.6 Å². The number of rotatable bonds is 5. The van der Waals surface area contributed by atoms with Crippen LogP contribution in [-0.4, -0.2) is 59.8 Å². The van der Waals surface area contributed by atoms with Crippen molar-refractivity contribution in [3.8, 4) is 40.4 Å². The van der Waals surface area contributed by atoms with Crippen LogP contribution < -0.4 is 5.73 Å². The summed E-state index contributed by atoms with van der Waals surface area (Å²) in [4.78, 5) is 27.3. The van der Waals surface area contributed by atoms with E-state index in [-0.39, 0.29) is 18.1 Å². The number of hydrogen-bond donors (Lipinski definition) is 2. The minimum Gasteiger partial charge on any atom is -0.382 e. The van der Waals surface area contributed by atoms with Crippen LogP contribution in [0.1, 0.15) is 24.8 Å². The van der Waals surface area contributed by atoms with Crippen LogP contribution in [0.5, 0.6) is 0 Å². The molecular formula is C27H24N8O2. The molecule has 10 heteroatoms. The molecule has 0 aliphatic carbocycles. The van der Waals surface area contributed by atoms with Crippen LogP contribution in [0.15, 0.2) is 49.1 Å². The quantitative estimate of drug-likeness (QED) is 0.319. The Morgan fingerprint density at radius 3 is 2.86 bits per heavy atom. The molecule has 1 atom stereocenters. The predicted octanol–water partition coefficient (Wildman–Crippen LogP) is 2.39. The fourth-order valence-corrected chi connectivity index (χ4v) is 4.23. The SMILES string of the molecule is CN1CC[C@@](O)(C#Cc2cccc(-c3ncc4c(-c5cnn(CCCC#N)c5)cnc(N)c4n3)c2)C1=O. The number of anilines is 1. The Hall–Kier alpha value is -4.80. The number of nitriles is 1. The Balaban J connectivity index is 1.46. The number of amides is 1. The Labute approximate surface area is 213 Å². The van der Waals surface area contributed by atoms with E-state index in [1.165, 1.54) is 4.90 Å². The molecule has 1 amide bonds. The number of carbonyl (C=O) groups excluding carboxylic acids is 1. The van der Waals surface area contributed by atoms with Crippen molar-refractivity contribution in [2.24, 2.45) is 0 Å². The number of aromatic nitrogens is 5. The molecule has 4 aromatic rings. The van der Waals surface area contributed by atoms with E-state index >= 15 is 0 Å². The van der Waals surface area contributed by atoms with E-state index in [0.29, 0.717) is 42.0 Å². The fraction of sp³-hybridized carbons (Fsp3) is 0.259. The summed E-state index contributed by atoms with van der Waals surface area (Å²) in [5, 5.41) is 24.4. The van der Waals surface area contributed by atoms with Gasteiger partial charge in [-0.15, -0.1) is 0 Å². The Bertz CT molecular complexity index is 1610. The van der Waals surface area contributed by atoms with E-state index in [1.54, 1.807) is 42.5 Å². The number of pyridine rings is 1. The van der Waals surface area contributed by atoms with Crippen molar-refractivity contribution in [1.29, 1.82) is 5.26 Å². The van der Waals surface area contributed by atoms with Crippen molar-refractivity contribution in [2.45, 2.75) is 31.4 Å². The lowest BCUT2D eigenvalue weighted by atomic mass is 10.0. The Kier molecular flexibility index (Phi) is 6.26. The van der Waals surface area contributed by atoms with Gasteiger partial charge < -0.3 is 15.7 Å². The summed E-state index contributed by atoms with van der Waals surface area (Å²) in [5.41, 5.74) is 8.04. The van der Waals surface area contributed by atoms with Gasteiger partial charge in [0.1, 0.15) is 11.3 Å². The highest BCUT2D eigenvalue weighted by Gasteiger charge is 2.42. The van der Waals surface area contributed by atoms with Crippen LogP contribution in [0.4, 0.5) is 5.82 Å². The van der Waals surface area contributed by atoms with Crippen LogP contribution in [0.25, 0.3) is 33.4 Å². The zero-order valence-corrected chi connectivity index (χ0v) is 20.2. The van der Waals surface area contributed by atoms with E-state index in [0.717, 1.165) is 22.9 Å². The number of likely N-dealkylation sites (tertiary alicyclic amines) is 1. The average molecular weight is 493 g/mol. The van der Waals surface area contributed by atoms with Crippen molar-refractivity contribution in [2.75, 3.05) is 19.3 Å². The van der Waals surface area contributed by atoms with E-state index in [1.807, 2.05) is 18.3 Å². The summed E-state index contributed by atoms with van der Waals surface area (Å²) in [5.74, 6) is 6.00. The number of unbranched alkanes of at least 4 members (excludes halogenated alkanes) is 1. The van der Waals surface area contributed by atoms with Gasteiger partial charge in [-0.05, 0) is 18.6 Å². The molecule has 0 spiro atoms. The number of likely N-dealkylation sites (N-methyl/N-ethyl adjacent to an activating group) is 1. The number of aryl methyl sites for hydroxylation is 1. The van der Waals surface area contributed by atoms with E-state index in [9.17, 15) is 9.90 Å². The number of nitrogen functional groups attached to an aromatic ring is 1. The Morgan fingerprint density at radius 2 is 2.08 bits per heavy atom.